The number of carbonyl (C=O) groups excluding carboxylic acids is 1. The molecule has 2 rings (SSSR count). The highest BCUT2D eigenvalue weighted by Gasteiger charge is 2.33. The first-order valence-corrected chi connectivity index (χ1v) is 11.0. The van der Waals surface area contributed by atoms with Gasteiger partial charge in [-0.25, -0.2) is 9.36 Å². The van der Waals surface area contributed by atoms with Crippen LogP contribution in [0.5, 0.6) is 11.5 Å². The minimum absolute atomic E-state index is 0.182. The summed E-state index contributed by atoms with van der Waals surface area (Å²) in [5.41, 5.74) is 3.57. The van der Waals surface area contributed by atoms with Crippen molar-refractivity contribution < 1.29 is 28.0 Å². The van der Waals surface area contributed by atoms with Crippen molar-refractivity contribution in [3.05, 3.63) is 60.2 Å². The molecule has 0 amide bonds. The molecular formula is C19H23ClNO6P. The summed E-state index contributed by atoms with van der Waals surface area (Å²) in [6.07, 6.45) is 0. The Bertz CT molecular complexity index is 800. The SMILES string of the molecule is COc1ccc(OP(=O)(Cl)OC(=O)[C@@H](NOCc2ccccc2)C(C)C)cc1. The number of benzene rings is 2. The highest BCUT2D eigenvalue weighted by Crippen LogP contribution is 2.53. The summed E-state index contributed by atoms with van der Waals surface area (Å²) < 4.78 is 27.4. The van der Waals surface area contributed by atoms with Gasteiger partial charge < -0.3 is 13.8 Å². The van der Waals surface area contributed by atoms with E-state index < -0.39 is 19.0 Å². The third-order valence-corrected chi connectivity index (χ3v) is 4.93. The number of methoxy groups -OCH3 is 1. The predicted octanol–water partition coefficient (Wildman–Crippen LogP) is 4.71. The van der Waals surface area contributed by atoms with Gasteiger partial charge in [-0.15, -0.1) is 0 Å². The van der Waals surface area contributed by atoms with Gasteiger partial charge in [-0.3, -0.25) is 4.84 Å². The second-order valence-corrected chi connectivity index (χ2v) is 8.69. The van der Waals surface area contributed by atoms with Crippen molar-refractivity contribution in [2.75, 3.05) is 7.11 Å². The van der Waals surface area contributed by atoms with Crippen LogP contribution in [0.25, 0.3) is 0 Å². The molecule has 0 fully saturated rings. The molecule has 1 unspecified atom stereocenters. The van der Waals surface area contributed by atoms with Gasteiger partial charge in [-0.1, -0.05) is 44.2 Å². The van der Waals surface area contributed by atoms with E-state index in [9.17, 15) is 9.36 Å². The lowest BCUT2D eigenvalue weighted by Gasteiger charge is -2.21. The van der Waals surface area contributed by atoms with Crippen molar-refractivity contribution in [3.63, 3.8) is 0 Å². The fraction of sp³-hybridized carbons (Fsp3) is 0.316. The molecule has 9 heteroatoms. The Morgan fingerprint density at radius 3 is 2.25 bits per heavy atom. The van der Waals surface area contributed by atoms with E-state index in [-0.39, 0.29) is 18.3 Å². The summed E-state index contributed by atoms with van der Waals surface area (Å²) >= 11 is 5.81. The van der Waals surface area contributed by atoms with E-state index in [1.807, 2.05) is 30.3 Å². The van der Waals surface area contributed by atoms with Gasteiger partial charge in [0.2, 0.25) is 0 Å². The van der Waals surface area contributed by atoms with Gasteiger partial charge in [0.15, 0.2) is 0 Å². The average Bonchev–Trinajstić information content (AvgIpc) is 2.65. The zero-order chi connectivity index (χ0) is 20.6. The number of nitrogens with one attached hydrogen (secondary N) is 1. The van der Waals surface area contributed by atoms with Crippen molar-refractivity contribution in [1.82, 2.24) is 5.48 Å². The van der Waals surface area contributed by atoms with Gasteiger partial charge in [-0.05, 0) is 35.7 Å². The van der Waals surface area contributed by atoms with Crippen molar-refractivity contribution in [1.29, 1.82) is 0 Å². The number of ether oxygens (including phenoxy) is 1. The second kappa shape index (κ2) is 10.5. The van der Waals surface area contributed by atoms with Crippen molar-refractivity contribution in [2.24, 2.45) is 5.92 Å². The van der Waals surface area contributed by atoms with Crippen LogP contribution in [0, 0.1) is 5.92 Å². The molecule has 2 atom stereocenters. The summed E-state index contributed by atoms with van der Waals surface area (Å²) in [6.45, 7) is -0.371. The molecule has 0 spiro atoms. The third-order valence-electron chi connectivity index (χ3n) is 3.69. The van der Waals surface area contributed by atoms with Crippen LogP contribution in [-0.4, -0.2) is 19.1 Å². The highest BCUT2D eigenvalue weighted by atomic mass is 35.7. The molecule has 7 nitrogen and oxygen atoms in total. The molecule has 2 aromatic rings. The Morgan fingerprint density at radius 2 is 1.68 bits per heavy atom. The summed E-state index contributed by atoms with van der Waals surface area (Å²) in [6, 6.07) is 14.8. The van der Waals surface area contributed by atoms with Gasteiger partial charge >= 0.3 is 12.9 Å². The van der Waals surface area contributed by atoms with Crippen molar-refractivity contribution in [3.8, 4) is 11.5 Å². The minimum Gasteiger partial charge on any atom is -0.497 e. The maximum atomic E-state index is 12.4. The van der Waals surface area contributed by atoms with Gasteiger partial charge in [0.1, 0.15) is 17.5 Å². The lowest BCUT2D eigenvalue weighted by molar-refractivity contribution is -0.143. The second-order valence-electron chi connectivity index (χ2n) is 6.22. The summed E-state index contributed by atoms with van der Waals surface area (Å²) in [5.74, 6) is -0.273. The van der Waals surface area contributed by atoms with Crippen molar-refractivity contribution >= 4 is 24.2 Å². The van der Waals surface area contributed by atoms with Crippen molar-refractivity contribution in [2.45, 2.75) is 26.5 Å². The maximum absolute atomic E-state index is 12.4. The Kier molecular flexibility index (Phi) is 8.33. The molecule has 0 saturated carbocycles. The van der Waals surface area contributed by atoms with Crippen LogP contribution >= 0.6 is 18.2 Å². The topological polar surface area (TPSA) is 83.1 Å². The Balaban J connectivity index is 1.92. The molecule has 0 aliphatic heterocycles. The van der Waals surface area contributed by atoms with E-state index >= 15 is 0 Å². The maximum Gasteiger partial charge on any atom is 0.532 e. The summed E-state index contributed by atoms with van der Waals surface area (Å²) in [5, 5.41) is 0. The number of hydrogen-bond donors (Lipinski definition) is 1. The minimum atomic E-state index is -4.19. The van der Waals surface area contributed by atoms with Crippen LogP contribution in [0.15, 0.2) is 54.6 Å². The quantitative estimate of drug-likeness (QED) is 0.434. The number of hydroxylamine groups is 1. The lowest BCUT2D eigenvalue weighted by atomic mass is 10.1. The molecule has 1 N–H and O–H groups in total. The van der Waals surface area contributed by atoms with Crippen LogP contribution < -0.4 is 14.7 Å². The summed E-state index contributed by atoms with van der Waals surface area (Å²) in [4.78, 5) is 17.8. The highest BCUT2D eigenvalue weighted by molar-refractivity contribution is 7.82. The third kappa shape index (κ3) is 7.17. The monoisotopic (exact) mass is 427 g/mol. The van der Waals surface area contributed by atoms with Gasteiger partial charge in [0, 0.05) is 11.2 Å². The Labute approximate surface area is 169 Å². The van der Waals surface area contributed by atoms with Gasteiger partial charge in [-0.2, -0.15) is 5.48 Å². The van der Waals surface area contributed by atoms with Gasteiger partial charge in [0.25, 0.3) is 0 Å². The van der Waals surface area contributed by atoms with E-state index in [1.54, 1.807) is 26.0 Å². The first kappa shape index (κ1) is 22.2. The van der Waals surface area contributed by atoms with Crippen LogP contribution in [0.1, 0.15) is 19.4 Å². The molecule has 0 aromatic heterocycles. The molecule has 0 bridgehead atoms. The number of halogens is 1. The molecule has 0 radical (unpaired) electrons. The van der Waals surface area contributed by atoms with Crippen LogP contribution in [-0.2, 0) is 25.3 Å². The smallest absolute Gasteiger partial charge is 0.497 e. The van der Waals surface area contributed by atoms with E-state index in [2.05, 4.69) is 5.48 Å². The molecule has 0 saturated heterocycles. The fourth-order valence-corrected chi connectivity index (χ4v) is 3.37. The van der Waals surface area contributed by atoms with E-state index in [0.29, 0.717) is 5.75 Å². The largest absolute Gasteiger partial charge is 0.532 e. The van der Waals surface area contributed by atoms with E-state index in [4.69, 9.17) is 29.9 Å². The lowest BCUT2D eigenvalue weighted by Crippen LogP contribution is -2.41. The zero-order valence-corrected chi connectivity index (χ0v) is 17.5. The first-order valence-electron chi connectivity index (χ1n) is 8.59. The van der Waals surface area contributed by atoms with Crippen LogP contribution in [0.2, 0.25) is 0 Å². The molecule has 2 aromatic carbocycles. The number of hydrogen-bond acceptors (Lipinski definition) is 7. The summed E-state index contributed by atoms with van der Waals surface area (Å²) in [7, 11) is 1.52. The zero-order valence-electron chi connectivity index (χ0n) is 15.8. The number of rotatable bonds is 10. The first-order chi connectivity index (χ1) is 13.3. The molecule has 0 aliphatic carbocycles. The Morgan fingerprint density at radius 1 is 1.07 bits per heavy atom. The molecule has 28 heavy (non-hydrogen) atoms. The van der Waals surface area contributed by atoms with Crippen LogP contribution in [0.4, 0.5) is 0 Å². The Hall–Kier alpha value is -2.05. The standard InChI is InChI=1S/C19H23ClNO6P/c1-14(2)18(21-25-13-15-7-5-4-6-8-15)19(22)27-28(20,23)26-17-11-9-16(24-3)10-12-17/h4-12,14,18,21H,13H2,1-3H3/t18-,28?/m0/s1. The van der Waals surface area contributed by atoms with E-state index in [0.717, 1.165) is 5.56 Å². The van der Waals surface area contributed by atoms with Crippen LogP contribution in [0.3, 0.4) is 0 Å². The van der Waals surface area contributed by atoms with Gasteiger partial charge in [0.05, 0.1) is 13.7 Å². The fourth-order valence-electron chi connectivity index (χ4n) is 2.19. The molecule has 0 aliphatic rings. The predicted molar refractivity (Wildman–Crippen MR) is 106 cm³/mol. The normalized spacial score (nSPS) is 14.2. The number of carbonyl (C=O) groups is 1. The molecule has 0 heterocycles. The molecular weight excluding hydrogens is 405 g/mol. The van der Waals surface area contributed by atoms with E-state index in [1.165, 1.54) is 19.2 Å². The average molecular weight is 428 g/mol. The molecule has 152 valence electrons.